The van der Waals surface area contributed by atoms with Crippen molar-refractivity contribution in [2.45, 2.75) is 6.54 Å². The molecule has 110 valence electrons. The molecule has 0 fully saturated rings. The van der Waals surface area contributed by atoms with Crippen molar-refractivity contribution in [3.8, 4) is 0 Å². The van der Waals surface area contributed by atoms with Crippen molar-refractivity contribution in [3.05, 3.63) is 35.9 Å². The topological polar surface area (TPSA) is 73.8 Å². The number of guanidine groups is 1. The molecule has 0 unspecified atom stereocenters. The third-order valence-corrected chi connectivity index (χ3v) is 4.38. The number of hydrogen-bond donors (Lipinski definition) is 2. The van der Waals surface area contributed by atoms with Gasteiger partial charge in [0.25, 0.3) is 0 Å². The summed E-state index contributed by atoms with van der Waals surface area (Å²) in [5.74, 6) is 0.801. The van der Waals surface area contributed by atoms with E-state index in [1.165, 1.54) is 0 Å². The van der Waals surface area contributed by atoms with Crippen LogP contribution in [-0.2, 0) is 16.6 Å². The Labute approximate surface area is 119 Å². The monoisotopic (exact) mass is 296 g/mol. The van der Waals surface area contributed by atoms with Crippen LogP contribution in [0.2, 0.25) is 0 Å². The number of nitrogens with one attached hydrogen (secondary N) is 2. The Bertz CT molecular complexity index is 557. The summed E-state index contributed by atoms with van der Waals surface area (Å²) >= 11 is 0. The second-order valence-corrected chi connectivity index (χ2v) is 6.61. The minimum Gasteiger partial charge on any atom is -0.355 e. The molecular weight excluding hydrogens is 276 g/mol. The molecule has 0 aromatic heterocycles. The van der Waals surface area contributed by atoms with E-state index < -0.39 is 10.0 Å². The van der Waals surface area contributed by atoms with Crippen LogP contribution >= 0.6 is 0 Å². The fourth-order valence-electron chi connectivity index (χ4n) is 1.88. The molecule has 2 N–H and O–H groups in total. The molecule has 1 aliphatic heterocycles. The smallest absolute Gasteiger partial charge is 0.213 e. The first-order valence-corrected chi connectivity index (χ1v) is 8.23. The van der Waals surface area contributed by atoms with Crippen LogP contribution in [0.4, 0.5) is 0 Å². The van der Waals surface area contributed by atoms with Crippen LogP contribution in [0.15, 0.2) is 35.3 Å². The number of nitrogens with zero attached hydrogens (tertiary/aromatic N) is 2. The molecule has 0 amide bonds. The maximum atomic E-state index is 11.9. The summed E-state index contributed by atoms with van der Waals surface area (Å²) in [4.78, 5) is 6.22. The van der Waals surface area contributed by atoms with E-state index in [1.807, 2.05) is 42.3 Å². The Kier molecular flexibility index (Phi) is 4.97. The van der Waals surface area contributed by atoms with Crippen molar-refractivity contribution >= 4 is 16.0 Å². The van der Waals surface area contributed by atoms with E-state index in [4.69, 9.17) is 0 Å². The van der Waals surface area contributed by atoms with Gasteiger partial charge in [0.05, 0.1) is 12.3 Å². The molecule has 0 saturated carbocycles. The summed E-state index contributed by atoms with van der Waals surface area (Å²) < 4.78 is 26.3. The van der Waals surface area contributed by atoms with Crippen molar-refractivity contribution in [2.24, 2.45) is 4.99 Å². The molecule has 0 aliphatic carbocycles. The minimum absolute atomic E-state index is 0.0344. The number of likely N-dealkylation sites (N-methyl/N-ethyl adjacent to an activating group) is 1. The maximum Gasteiger partial charge on any atom is 0.213 e. The molecule has 1 aromatic carbocycles. The first-order chi connectivity index (χ1) is 9.57. The zero-order valence-corrected chi connectivity index (χ0v) is 12.4. The molecule has 2 rings (SSSR count). The highest BCUT2D eigenvalue weighted by Gasteiger charge is 2.14. The summed E-state index contributed by atoms with van der Waals surface area (Å²) in [6.07, 6.45) is 0. The van der Waals surface area contributed by atoms with Gasteiger partial charge in [-0.1, -0.05) is 30.3 Å². The van der Waals surface area contributed by atoms with Crippen LogP contribution in [0.3, 0.4) is 0 Å². The number of hydrogen-bond acceptors (Lipinski definition) is 5. The largest absolute Gasteiger partial charge is 0.355 e. The van der Waals surface area contributed by atoms with Gasteiger partial charge in [-0.25, -0.2) is 13.1 Å². The van der Waals surface area contributed by atoms with E-state index in [1.54, 1.807) is 0 Å². The van der Waals surface area contributed by atoms with Gasteiger partial charge in [-0.15, -0.1) is 0 Å². The summed E-state index contributed by atoms with van der Waals surface area (Å²) in [6, 6.07) is 9.46. The zero-order chi connectivity index (χ0) is 14.4. The fourth-order valence-corrected chi connectivity index (χ4v) is 2.78. The van der Waals surface area contributed by atoms with Crippen LogP contribution in [0.25, 0.3) is 0 Å². The molecule has 0 radical (unpaired) electrons. The lowest BCUT2D eigenvalue weighted by Gasteiger charge is -2.15. The number of benzene rings is 1. The number of sulfonamides is 1. The van der Waals surface area contributed by atoms with E-state index in [-0.39, 0.29) is 5.75 Å². The molecule has 1 heterocycles. The number of rotatable bonds is 6. The van der Waals surface area contributed by atoms with Crippen molar-refractivity contribution in [3.63, 3.8) is 0 Å². The first kappa shape index (κ1) is 14.8. The van der Waals surface area contributed by atoms with Crippen molar-refractivity contribution in [2.75, 3.05) is 32.4 Å². The summed E-state index contributed by atoms with van der Waals surface area (Å²) in [7, 11) is -1.34. The third kappa shape index (κ3) is 4.50. The van der Waals surface area contributed by atoms with E-state index in [9.17, 15) is 8.42 Å². The van der Waals surface area contributed by atoms with E-state index in [0.717, 1.165) is 24.6 Å². The normalized spacial score (nSPS) is 15.2. The molecule has 0 atom stereocenters. The second kappa shape index (κ2) is 6.71. The predicted octanol–water partition coefficient (Wildman–Crippen LogP) is -0.00300. The molecule has 0 bridgehead atoms. The molecule has 6 nitrogen and oxygen atoms in total. The number of aliphatic imine (C=N–C) groups is 1. The van der Waals surface area contributed by atoms with Crippen molar-refractivity contribution in [1.82, 2.24) is 14.9 Å². The molecule has 1 aromatic rings. The molecule has 20 heavy (non-hydrogen) atoms. The summed E-state index contributed by atoms with van der Waals surface area (Å²) in [5.41, 5.74) is 0.948. The van der Waals surface area contributed by atoms with E-state index in [0.29, 0.717) is 13.1 Å². The Morgan fingerprint density at radius 2 is 2.05 bits per heavy atom. The van der Waals surface area contributed by atoms with Gasteiger partial charge in [-0.05, 0) is 5.56 Å². The first-order valence-electron chi connectivity index (χ1n) is 6.57. The lowest BCUT2D eigenvalue weighted by Crippen LogP contribution is -2.39. The highest BCUT2D eigenvalue weighted by molar-refractivity contribution is 7.89. The summed E-state index contributed by atoms with van der Waals surface area (Å²) in [5, 5.41) is 3.04. The standard InChI is InChI=1S/C13H20N4O2S/c1-17-9-7-14-13(17)15-8-10-20(18,19)16-11-12-5-3-2-4-6-12/h2-6,16H,7-11H2,1H3,(H,14,15). The van der Waals surface area contributed by atoms with Gasteiger partial charge in [0.2, 0.25) is 10.0 Å². The summed E-state index contributed by atoms with van der Waals surface area (Å²) in [6.45, 7) is 2.32. The van der Waals surface area contributed by atoms with Gasteiger partial charge in [0, 0.05) is 26.7 Å². The second-order valence-electron chi connectivity index (χ2n) is 4.68. The van der Waals surface area contributed by atoms with Gasteiger partial charge in [-0.3, -0.25) is 4.99 Å². The Balaban J connectivity index is 1.74. The lowest BCUT2D eigenvalue weighted by atomic mass is 10.2. The van der Waals surface area contributed by atoms with Gasteiger partial charge in [0.15, 0.2) is 5.96 Å². The third-order valence-electron chi connectivity index (χ3n) is 3.05. The quantitative estimate of drug-likeness (QED) is 0.775. The fraction of sp³-hybridized carbons (Fsp3) is 0.462. The van der Waals surface area contributed by atoms with Crippen molar-refractivity contribution in [1.29, 1.82) is 0 Å². The SMILES string of the molecule is CN1CCN=C1NCCS(=O)(=O)NCc1ccccc1. The predicted molar refractivity (Wildman–Crippen MR) is 80.0 cm³/mol. The molecular formula is C13H20N4O2S. The molecule has 7 heteroatoms. The van der Waals surface area contributed by atoms with Crippen LogP contribution in [0, 0.1) is 0 Å². The van der Waals surface area contributed by atoms with Crippen LogP contribution in [0.1, 0.15) is 5.56 Å². The highest BCUT2D eigenvalue weighted by Crippen LogP contribution is 1.99. The van der Waals surface area contributed by atoms with Crippen LogP contribution < -0.4 is 10.0 Å². The molecule has 0 saturated heterocycles. The van der Waals surface area contributed by atoms with Crippen LogP contribution in [0.5, 0.6) is 0 Å². The van der Waals surface area contributed by atoms with E-state index >= 15 is 0 Å². The molecule has 1 aliphatic rings. The minimum atomic E-state index is -3.27. The molecule has 0 spiro atoms. The maximum absolute atomic E-state index is 11.9. The van der Waals surface area contributed by atoms with Gasteiger partial charge >= 0.3 is 0 Å². The van der Waals surface area contributed by atoms with Gasteiger partial charge < -0.3 is 10.2 Å². The lowest BCUT2D eigenvalue weighted by molar-refractivity contribution is 0.535. The zero-order valence-electron chi connectivity index (χ0n) is 11.5. The average Bonchev–Trinajstić information content (AvgIpc) is 2.83. The highest BCUT2D eigenvalue weighted by atomic mass is 32.2. The Hall–Kier alpha value is -1.60. The Morgan fingerprint density at radius 1 is 1.30 bits per heavy atom. The van der Waals surface area contributed by atoms with Crippen LogP contribution in [-0.4, -0.2) is 51.7 Å². The Morgan fingerprint density at radius 3 is 2.70 bits per heavy atom. The van der Waals surface area contributed by atoms with Crippen molar-refractivity contribution < 1.29 is 8.42 Å². The van der Waals surface area contributed by atoms with Gasteiger partial charge in [-0.2, -0.15) is 0 Å². The van der Waals surface area contributed by atoms with Gasteiger partial charge in [0.1, 0.15) is 0 Å². The van der Waals surface area contributed by atoms with E-state index in [2.05, 4.69) is 15.0 Å². The average molecular weight is 296 g/mol.